The Labute approximate surface area is 171 Å². The number of amides is 2. The van der Waals surface area contributed by atoms with Crippen LogP contribution in [0.1, 0.15) is 44.0 Å². The first-order chi connectivity index (χ1) is 14.1. The molecule has 0 bridgehead atoms. The number of hydrogen-bond donors (Lipinski definition) is 2. The Morgan fingerprint density at radius 3 is 2.45 bits per heavy atom. The first kappa shape index (κ1) is 20.3. The summed E-state index contributed by atoms with van der Waals surface area (Å²) in [5.41, 5.74) is 4.08. The third kappa shape index (κ3) is 6.01. The smallest absolute Gasteiger partial charge is 0.270 e. The zero-order valence-electron chi connectivity index (χ0n) is 16.5. The van der Waals surface area contributed by atoms with Gasteiger partial charge < -0.3 is 10.6 Å². The first-order valence-corrected chi connectivity index (χ1v) is 9.74. The van der Waals surface area contributed by atoms with E-state index in [0.29, 0.717) is 18.7 Å². The van der Waals surface area contributed by atoms with Crippen molar-refractivity contribution >= 4 is 11.8 Å². The van der Waals surface area contributed by atoms with Gasteiger partial charge in [-0.3, -0.25) is 14.6 Å². The Balaban J connectivity index is 1.50. The maximum Gasteiger partial charge on any atom is 0.270 e. The van der Waals surface area contributed by atoms with Crippen molar-refractivity contribution in [2.45, 2.75) is 26.3 Å². The Morgan fingerprint density at radius 2 is 1.66 bits per heavy atom. The predicted octanol–water partition coefficient (Wildman–Crippen LogP) is 3.68. The molecule has 2 N–H and O–H groups in total. The highest BCUT2D eigenvalue weighted by molar-refractivity contribution is 5.98. The molecule has 2 aromatic carbocycles. The monoisotopic (exact) mass is 387 g/mol. The fourth-order valence-electron chi connectivity index (χ4n) is 3.01. The third-order valence-corrected chi connectivity index (χ3v) is 4.73. The number of pyridine rings is 1. The normalized spacial score (nSPS) is 10.4. The highest BCUT2D eigenvalue weighted by Gasteiger charge is 2.12. The molecule has 0 spiro atoms. The van der Waals surface area contributed by atoms with E-state index in [9.17, 15) is 9.59 Å². The lowest BCUT2D eigenvalue weighted by Gasteiger charge is -2.09. The average molecular weight is 387 g/mol. The van der Waals surface area contributed by atoms with Gasteiger partial charge in [0, 0.05) is 24.8 Å². The molecule has 0 saturated carbocycles. The highest BCUT2D eigenvalue weighted by atomic mass is 16.2. The fourth-order valence-corrected chi connectivity index (χ4v) is 3.01. The van der Waals surface area contributed by atoms with Crippen LogP contribution in [-0.4, -0.2) is 23.3 Å². The fraction of sp³-hybridized carbons (Fsp3) is 0.208. The van der Waals surface area contributed by atoms with E-state index in [1.54, 1.807) is 6.07 Å². The van der Waals surface area contributed by atoms with Gasteiger partial charge in [0.05, 0.1) is 0 Å². The molecule has 0 radical (unpaired) electrons. The molecule has 1 aromatic heterocycles. The molecular weight excluding hydrogens is 362 g/mol. The Morgan fingerprint density at radius 1 is 0.897 bits per heavy atom. The Hall–Kier alpha value is -3.47. The number of hydrogen-bond acceptors (Lipinski definition) is 3. The van der Waals surface area contributed by atoms with Crippen LogP contribution in [0.2, 0.25) is 0 Å². The molecule has 0 unspecified atom stereocenters. The van der Waals surface area contributed by atoms with Gasteiger partial charge in [-0.1, -0.05) is 54.6 Å². The summed E-state index contributed by atoms with van der Waals surface area (Å²) in [6.07, 6.45) is 3.25. The number of nitrogens with one attached hydrogen (secondary N) is 2. The molecular formula is C24H25N3O2. The van der Waals surface area contributed by atoms with Gasteiger partial charge in [-0.25, -0.2) is 0 Å². The van der Waals surface area contributed by atoms with Crippen LogP contribution < -0.4 is 10.6 Å². The third-order valence-electron chi connectivity index (χ3n) is 4.73. The minimum atomic E-state index is -0.299. The SMILES string of the molecule is Cc1ccccc1CNC(=O)c1cc(C(=O)NCCCc2ccccc2)ccn1. The van der Waals surface area contributed by atoms with Crippen molar-refractivity contribution in [3.8, 4) is 0 Å². The Kier molecular flexibility index (Phi) is 7.11. The second-order valence-corrected chi connectivity index (χ2v) is 6.88. The van der Waals surface area contributed by atoms with Crippen LogP contribution in [0.3, 0.4) is 0 Å². The van der Waals surface area contributed by atoms with E-state index in [4.69, 9.17) is 0 Å². The second kappa shape index (κ2) is 10.2. The van der Waals surface area contributed by atoms with Crippen LogP contribution in [-0.2, 0) is 13.0 Å². The largest absolute Gasteiger partial charge is 0.352 e. The number of rotatable bonds is 8. The minimum Gasteiger partial charge on any atom is -0.352 e. The second-order valence-electron chi connectivity index (χ2n) is 6.88. The van der Waals surface area contributed by atoms with Crippen LogP contribution in [0, 0.1) is 6.92 Å². The van der Waals surface area contributed by atoms with Crippen molar-refractivity contribution in [3.63, 3.8) is 0 Å². The summed E-state index contributed by atoms with van der Waals surface area (Å²) in [5.74, 6) is -0.500. The number of aromatic nitrogens is 1. The van der Waals surface area contributed by atoms with E-state index in [2.05, 4.69) is 27.8 Å². The van der Waals surface area contributed by atoms with Gasteiger partial charge in [0.2, 0.25) is 0 Å². The van der Waals surface area contributed by atoms with Crippen LogP contribution >= 0.6 is 0 Å². The molecule has 1 heterocycles. The summed E-state index contributed by atoms with van der Waals surface area (Å²) >= 11 is 0. The highest BCUT2D eigenvalue weighted by Crippen LogP contribution is 2.08. The standard InChI is InChI=1S/C24H25N3O2/c1-18-8-5-6-12-21(18)17-27-24(29)22-16-20(13-15-25-22)23(28)26-14-7-11-19-9-3-2-4-10-19/h2-6,8-10,12-13,15-16H,7,11,14,17H2,1H3,(H,26,28)(H,27,29). The van der Waals surface area contributed by atoms with Crippen molar-refractivity contribution in [1.29, 1.82) is 0 Å². The van der Waals surface area contributed by atoms with E-state index in [0.717, 1.165) is 24.0 Å². The molecule has 5 nitrogen and oxygen atoms in total. The van der Waals surface area contributed by atoms with Crippen molar-refractivity contribution in [1.82, 2.24) is 15.6 Å². The van der Waals surface area contributed by atoms with Gasteiger partial charge in [-0.05, 0) is 48.6 Å². The van der Waals surface area contributed by atoms with Crippen molar-refractivity contribution in [2.75, 3.05) is 6.54 Å². The molecule has 0 aliphatic heterocycles. The maximum atomic E-state index is 12.4. The van der Waals surface area contributed by atoms with Gasteiger partial charge >= 0.3 is 0 Å². The predicted molar refractivity (Wildman–Crippen MR) is 114 cm³/mol. The first-order valence-electron chi connectivity index (χ1n) is 9.74. The molecule has 0 fully saturated rings. The average Bonchev–Trinajstić information content (AvgIpc) is 2.76. The van der Waals surface area contributed by atoms with Crippen molar-refractivity contribution in [3.05, 3.63) is 101 Å². The lowest BCUT2D eigenvalue weighted by Crippen LogP contribution is -2.27. The van der Waals surface area contributed by atoms with E-state index in [-0.39, 0.29) is 17.5 Å². The molecule has 3 aromatic rings. The minimum absolute atomic E-state index is 0.201. The number of carbonyl (C=O) groups is 2. The van der Waals surface area contributed by atoms with Gasteiger partial charge in [0.1, 0.15) is 5.69 Å². The number of benzene rings is 2. The zero-order valence-corrected chi connectivity index (χ0v) is 16.5. The van der Waals surface area contributed by atoms with Gasteiger partial charge in [0.15, 0.2) is 0 Å². The van der Waals surface area contributed by atoms with E-state index >= 15 is 0 Å². The Bertz CT molecular complexity index is 971. The number of carbonyl (C=O) groups excluding carboxylic acids is 2. The summed E-state index contributed by atoms with van der Waals surface area (Å²) in [6, 6.07) is 21.2. The lowest BCUT2D eigenvalue weighted by atomic mass is 10.1. The molecule has 0 aliphatic rings. The van der Waals surface area contributed by atoms with Crippen molar-refractivity contribution < 1.29 is 9.59 Å². The van der Waals surface area contributed by atoms with Crippen LogP contribution in [0.5, 0.6) is 0 Å². The zero-order chi connectivity index (χ0) is 20.5. The maximum absolute atomic E-state index is 12.4. The molecule has 0 saturated heterocycles. The van der Waals surface area contributed by atoms with Gasteiger partial charge in [-0.2, -0.15) is 0 Å². The van der Waals surface area contributed by atoms with E-state index < -0.39 is 0 Å². The van der Waals surface area contributed by atoms with Crippen LogP contribution in [0.25, 0.3) is 0 Å². The summed E-state index contributed by atoms with van der Waals surface area (Å²) in [7, 11) is 0. The van der Waals surface area contributed by atoms with E-state index in [1.807, 2.05) is 49.4 Å². The van der Waals surface area contributed by atoms with E-state index in [1.165, 1.54) is 17.8 Å². The topological polar surface area (TPSA) is 71.1 Å². The van der Waals surface area contributed by atoms with Crippen LogP contribution in [0.4, 0.5) is 0 Å². The molecule has 2 amide bonds. The lowest BCUT2D eigenvalue weighted by molar-refractivity contribution is 0.0946. The summed E-state index contributed by atoms with van der Waals surface area (Å²) < 4.78 is 0. The molecule has 0 aliphatic carbocycles. The van der Waals surface area contributed by atoms with Crippen LogP contribution in [0.15, 0.2) is 72.9 Å². The molecule has 29 heavy (non-hydrogen) atoms. The van der Waals surface area contributed by atoms with Crippen molar-refractivity contribution in [2.24, 2.45) is 0 Å². The molecule has 148 valence electrons. The van der Waals surface area contributed by atoms with Gasteiger partial charge in [-0.15, -0.1) is 0 Å². The molecule has 3 rings (SSSR count). The molecule has 5 heteroatoms. The quantitative estimate of drug-likeness (QED) is 0.579. The number of nitrogens with zero attached hydrogens (tertiary/aromatic N) is 1. The number of aryl methyl sites for hydroxylation is 2. The summed E-state index contributed by atoms with van der Waals surface area (Å²) in [6.45, 7) is 3.00. The van der Waals surface area contributed by atoms with Gasteiger partial charge in [0.25, 0.3) is 11.8 Å². The summed E-state index contributed by atoms with van der Waals surface area (Å²) in [5, 5.41) is 5.76. The molecule has 0 atom stereocenters. The summed E-state index contributed by atoms with van der Waals surface area (Å²) in [4.78, 5) is 28.9.